The Balaban J connectivity index is 0.00000242. The van der Waals surface area contributed by atoms with Crippen LogP contribution >= 0.6 is 12.4 Å². The Morgan fingerprint density at radius 1 is 1.36 bits per heavy atom. The first-order valence-corrected chi connectivity index (χ1v) is 7.55. The van der Waals surface area contributed by atoms with E-state index >= 15 is 0 Å². The molecular weight excluding hydrogens is 302 g/mol. The van der Waals surface area contributed by atoms with E-state index in [0.29, 0.717) is 24.3 Å². The maximum Gasteiger partial charge on any atom is 0.229 e. The standard InChI is InChI=1S/C16H23N3O2.ClH/c1-2-6-15(20)19-10-5-7-12(11-19)16(21)18-14-9-4-3-8-13(14)17;/h3-4,8-9,12H,2,5-7,10-11,17H2,1H3,(H,18,21);1H. The average Bonchev–Trinajstić information content (AvgIpc) is 2.50. The maximum absolute atomic E-state index is 12.3. The van der Waals surface area contributed by atoms with Gasteiger partial charge in [0.1, 0.15) is 0 Å². The van der Waals surface area contributed by atoms with Gasteiger partial charge in [0, 0.05) is 19.5 Å². The molecule has 1 fully saturated rings. The van der Waals surface area contributed by atoms with Crippen molar-refractivity contribution in [3.8, 4) is 0 Å². The molecule has 1 unspecified atom stereocenters. The molecule has 1 aliphatic rings. The molecule has 1 heterocycles. The van der Waals surface area contributed by atoms with Crippen molar-refractivity contribution in [1.29, 1.82) is 0 Å². The summed E-state index contributed by atoms with van der Waals surface area (Å²) in [6.45, 7) is 3.26. The number of hydrogen-bond acceptors (Lipinski definition) is 3. The van der Waals surface area contributed by atoms with Crippen molar-refractivity contribution in [3.05, 3.63) is 24.3 Å². The first kappa shape index (κ1) is 18.3. The number of carbonyl (C=O) groups excluding carboxylic acids is 2. The number of likely N-dealkylation sites (tertiary alicyclic amines) is 1. The van der Waals surface area contributed by atoms with Crippen LogP contribution in [0.5, 0.6) is 0 Å². The molecular formula is C16H24ClN3O2. The average molecular weight is 326 g/mol. The summed E-state index contributed by atoms with van der Waals surface area (Å²) in [7, 11) is 0. The lowest BCUT2D eigenvalue weighted by molar-refractivity contribution is -0.134. The number of amides is 2. The second kappa shape index (κ2) is 8.63. The SMILES string of the molecule is CCCC(=O)N1CCCC(C(=O)Nc2ccccc2N)C1.Cl. The lowest BCUT2D eigenvalue weighted by Crippen LogP contribution is -2.43. The summed E-state index contributed by atoms with van der Waals surface area (Å²) in [5.74, 6) is -0.0599. The van der Waals surface area contributed by atoms with E-state index < -0.39 is 0 Å². The van der Waals surface area contributed by atoms with Crippen LogP contribution in [0.3, 0.4) is 0 Å². The van der Waals surface area contributed by atoms with Gasteiger partial charge >= 0.3 is 0 Å². The van der Waals surface area contributed by atoms with Crippen LogP contribution in [0, 0.1) is 5.92 Å². The van der Waals surface area contributed by atoms with Gasteiger partial charge in [-0.05, 0) is 31.4 Å². The number of anilines is 2. The van der Waals surface area contributed by atoms with Crippen LogP contribution in [0.2, 0.25) is 0 Å². The summed E-state index contributed by atoms with van der Waals surface area (Å²) in [6, 6.07) is 7.21. The van der Waals surface area contributed by atoms with Crippen LogP contribution in [0.25, 0.3) is 0 Å². The molecule has 1 aliphatic heterocycles. The van der Waals surface area contributed by atoms with Crippen LogP contribution in [-0.2, 0) is 9.59 Å². The molecule has 22 heavy (non-hydrogen) atoms. The van der Waals surface area contributed by atoms with Gasteiger partial charge in [-0.25, -0.2) is 0 Å². The third kappa shape index (κ3) is 4.63. The fourth-order valence-corrected chi connectivity index (χ4v) is 2.64. The third-order valence-electron chi connectivity index (χ3n) is 3.83. The van der Waals surface area contributed by atoms with Gasteiger partial charge in [-0.15, -0.1) is 12.4 Å². The first-order valence-electron chi connectivity index (χ1n) is 7.55. The molecule has 5 nitrogen and oxygen atoms in total. The fourth-order valence-electron chi connectivity index (χ4n) is 2.64. The second-order valence-electron chi connectivity index (χ2n) is 5.51. The zero-order valence-electron chi connectivity index (χ0n) is 12.9. The highest BCUT2D eigenvalue weighted by Crippen LogP contribution is 2.22. The molecule has 0 bridgehead atoms. The fraction of sp³-hybridized carbons (Fsp3) is 0.500. The number of carbonyl (C=O) groups is 2. The van der Waals surface area contributed by atoms with E-state index in [-0.39, 0.29) is 30.1 Å². The van der Waals surface area contributed by atoms with Gasteiger partial charge in [-0.1, -0.05) is 19.1 Å². The molecule has 0 saturated carbocycles. The second-order valence-corrected chi connectivity index (χ2v) is 5.51. The molecule has 1 aromatic carbocycles. The van der Waals surface area contributed by atoms with Crippen LogP contribution in [0.1, 0.15) is 32.6 Å². The number of nitrogens with two attached hydrogens (primary N) is 1. The summed E-state index contributed by atoms with van der Waals surface area (Å²) in [5.41, 5.74) is 7.03. The smallest absolute Gasteiger partial charge is 0.229 e. The normalized spacial score (nSPS) is 17.5. The molecule has 0 aliphatic carbocycles. The zero-order chi connectivity index (χ0) is 15.2. The Labute approximate surface area is 137 Å². The summed E-state index contributed by atoms with van der Waals surface area (Å²) in [6.07, 6.45) is 3.08. The highest BCUT2D eigenvalue weighted by Gasteiger charge is 2.28. The van der Waals surface area contributed by atoms with Crippen molar-refractivity contribution < 1.29 is 9.59 Å². The summed E-state index contributed by atoms with van der Waals surface area (Å²) in [4.78, 5) is 26.1. The number of hydrogen-bond donors (Lipinski definition) is 2. The first-order chi connectivity index (χ1) is 10.1. The molecule has 1 atom stereocenters. The number of benzene rings is 1. The van der Waals surface area contributed by atoms with Gasteiger partial charge < -0.3 is 16.0 Å². The van der Waals surface area contributed by atoms with Crippen LogP contribution in [-0.4, -0.2) is 29.8 Å². The Kier molecular flexibility index (Phi) is 7.18. The number of halogens is 1. The number of nitrogens with zero attached hydrogens (tertiary/aromatic N) is 1. The van der Waals surface area contributed by atoms with Crippen molar-refractivity contribution in [3.63, 3.8) is 0 Å². The maximum atomic E-state index is 12.3. The molecule has 3 N–H and O–H groups in total. The van der Waals surface area contributed by atoms with E-state index in [2.05, 4.69) is 5.32 Å². The van der Waals surface area contributed by atoms with E-state index in [4.69, 9.17) is 5.73 Å². The number of piperidine rings is 1. The van der Waals surface area contributed by atoms with Gasteiger partial charge in [0.05, 0.1) is 17.3 Å². The van der Waals surface area contributed by atoms with Crippen LogP contribution < -0.4 is 11.1 Å². The molecule has 1 aromatic rings. The topological polar surface area (TPSA) is 75.4 Å². The van der Waals surface area contributed by atoms with Crippen molar-refractivity contribution in [2.75, 3.05) is 24.1 Å². The summed E-state index contributed by atoms with van der Waals surface area (Å²) < 4.78 is 0. The van der Waals surface area contributed by atoms with Gasteiger partial charge in [-0.2, -0.15) is 0 Å². The van der Waals surface area contributed by atoms with Crippen LogP contribution in [0.4, 0.5) is 11.4 Å². The van der Waals surface area contributed by atoms with Crippen molar-refractivity contribution in [2.45, 2.75) is 32.6 Å². The van der Waals surface area contributed by atoms with Gasteiger partial charge in [0.15, 0.2) is 0 Å². The third-order valence-corrected chi connectivity index (χ3v) is 3.83. The predicted octanol–water partition coefficient (Wildman–Crippen LogP) is 2.67. The minimum absolute atomic E-state index is 0. The highest BCUT2D eigenvalue weighted by molar-refractivity contribution is 5.95. The molecule has 122 valence electrons. The summed E-state index contributed by atoms with van der Waals surface area (Å²) >= 11 is 0. The summed E-state index contributed by atoms with van der Waals surface area (Å²) in [5, 5.41) is 2.87. The van der Waals surface area contributed by atoms with E-state index in [1.54, 1.807) is 12.1 Å². The molecule has 0 radical (unpaired) electrons. The lowest BCUT2D eigenvalue weighted by atomic mass is 9.96. The number of rotatable bonds is 4. The largest absolute Gasteiger partial charge is 0.397 e. The molecule has 0 aromatic heterocycles. The molecule has 1 saturated heterocycles. The van der Waals surface area contributed by atoms with Gasteiger partial charge in [0.2, 0.25) is 11.8 Å². The van der Waals surface area contributed by atoms with E-state index in [9.17, 15) is 9.59 Å². The predicted molar refractivity (Wildman–Crippen MR) is 90.9 cm³/mol. The minimum atomic E-state index is -0.154. The van der Waals surface area contributed by atoms with Crippen molar-refractivity contribution >= 4 is 35.6 Å². The van der Waals surface area contributed by atoms with Crippen molar-refractivity contribution in [2.24, 2.45) is 5.92 Å². The highest BCUT2D eigenvalue weighted by atomic mass is 35.5. The van der Waals surface area contributed by atoms with E-state index in [1.165, 1.54) is 0 Å². The quantitative estimate of drug-likeness (QED) is 0.836. The van der Waals surface area contributed by atoms with Crippen LogP contribution in [0.15, 0.2) is 24.3 Å². The number of nitrogens with one attached hydrogen (secondary N) is 1. The van der Waals surface area contributed by atoms with E-state index in [0.717, 1.165) is 25.8 Å². The molecule has 0 spiro atoms. The number of para-hydroxylation sites is 2. The lowest BCUT2D eigenvalue weighted by Gasteiger charge is -2.32. The minimum Gasteiger partial charge on any atom is -0.397 e. The van der Waals surface area contributed by atoms with Crippen molar-refractivity contribution in [1.82, 2.24) is 4.90 Å². The Morgan fingerprint density at radius 2 is 2.09 bits per heavy atom. The Hall–Kier alpha value is -1.75. The molecule has 2 rings (SSSR count). The molecule has 2 amide bonds. The molecule has 6 heteroatoms. The Bertz CT molecular complexity index is 522. The van der Waals surface area contributed by atoms with Gasteiger partial charge in [0.25, 0.3) is 0 Å². The Morgan fingerprint density at radius 3 is 2.77 bits per heavy atom. The number of nitrogen functional groups attached to an aromatic ring is 1. The van der Waals surface area contributed by atoms with E-state index in [1.807, 2.05) is 24.0 Å². The monoisotopic (exact) mass is 325 g/mol. The zero-order valence-corrected chi connectivity index (χ0v) is 13.7. The van der Waals surface area contributed by atoms with Gasteiger partial charge in [-0.3, -0.25) is 9.59 Å².